The minimum Gasteiger partial charge on any atom is -0.297 e. The molecule has 0 fully saturated rings. The average molecular weight is 518 g/mol. The highest BCUT2D eigenvalue weighted by Gasteiger charge is 2.37. The second kappa shape index (κ2) is 11.5. The minimum atomic E-state index is -0.224. The maximum absolute atomic E-state index is 4.58. The summed E-state index contributed by atoms with van der Waals surface area (Å²) in [7, 11) is 0. The molecule has 0 saturated heterocycles. The molecule has 9 heteroatoms. The molecule has 9 nitrogen and oxygen atoms in total. The van der Waals surface area contributed by atoms with Gasteiger partial charge in [-0.25, -0.2) is 9.36 Å². The molecule has 0 amide bonds. The van der Waals surface area contributed by atoms with E-state index in [-0.39, 0.29) is 34.0 Å². The standard InChI is InChI=1S/C28H55N9/c1-19(2)15-21(23-30-32-34-36(23)27(11,12)17-25(5,6)7)29-22(16-20(3)4)24-31-33-35-37(24)28(13,14)18-26(8,9)10/h19-22,29H,15-18H2,1-14H3/t21-,22-/m1/s1. The van der Waals surface area contributed by atoms with Crippen molar-refractivity contribution in [1.29, 1.82) is 0 Å². The zero-order chi connectivity index (χ0) is 28.4. The van der Waals surface area contributed by atoms with Crippen molar-refractivity contribution in [2.75, 3.05) is 0 Å². The third-order valence-electron chi connectivity index (χ3n) is 6.50. The first-order valence-corrected chi connectivity index (χ1v) is 14.1. The summed E-state index contributed by atoms with van der Waals surface area (Å²) in [6, 6.07) is -0.0669. The highest BCUT2D eigenvalue weighted by atomic mass is 15.6. The lowest BCUT2D eigenvalue weighted by atomic mass is 9.81. The molecule has 2 rings (SSSR count). The molecule has 0 aromatic carbocycles. The van der Waals surface area contributed by atoms with Crippen LogP contribution in [-0.4, -0.2) is 40.4 Å². The van der Waals surface area contributed by atoms with Crippen molar-refractivity contribution in [2.45, 2.75) is 146 Å². The van der Waals surface area contributed by atoms with Crippen molar-refractivity contribution >= 4 is 0 Å². The highest BCUT2D eigenvalue weighted by molar-refractivity contribution is 5.04. The van der Waals surface area contributed by atoms with E-state index in [1.807, 2.05) is 9.36 Å². The molecule has 2 atom stereocenters. The number of rotatable bonds is 12. The average Bonchev–Trinajstić information content (AvgIpc) is 3.32. The summed E-state index contributed by atoms with van der Waals surface area (Å²) >= 11 is 0. The lowest BCUT2D eigenvalue weighted by molar-refractivity contribution is 0.176. The molecule has 212 valence electrons. The molecular weight excluding hydrogens is 462 g/mol. The number of nitrogens with zero attached hydrogens (tertiary/aromatic N) is 8. The Balaban J connectivity index is 2.53. The minimum absolute atomic E-state index is 0.0335. The summed E-state index contributed by atoms with van der Waals surface area (Å²) in [4.78, 5) is 0. The van der Waals surface area contributed by atoms with Crippen LogP contribution in [0.25, 0.3) is 0 Å². The quantitative estimate of drug-likeness (QED) is 0.344. The monoisotopic (exact) mass is 517 g/mol. The Morgan fingerprint density at radius 2 is 0.919 bits per heavy atom. The van der Waals surface area contributed by atoms with Gasteiger partial charge in [-0.1, -0.05) is 69.2 Å². The van der Waals surface area contributed by atoms with Crippen LogP contribution >= 0.6 is 0 Å². The fourth-order valence-electron chi connectivity index (χ4n) is 6.11. The van der Waals surface area contributed by atoms with Crippen LogP contribution in [0.5, 0.6) is 0 Å². The van der Waals surface area contributed by atoms with Crippen molar-refractivity contribution in [1.82, 2.24) is 45.7 Å². The van der Waals surface area contributed by atoms with E-state index in [0.717, 1.165) is 37.3 Å². The van der Waals surface area contributed by atoms with Crippen molar-refractivity contribution in [3.8, 4) is 0 Å². The van der Waals surface area contributed by atoms with Crippen LogP contribution < -0.4 is 5.32 Å². The molecule has 0 radical (unpaired) electrons. The number of aromatic nitrogens is 8. The van der Waals surface area contributed by atoms with Crippen LogP contribution in [0.4, 0.5) is 0 Å². The van der Waals surface area contributed by atoms with Crippen LogP contribution in [0.2, 0.25) is 0 Å². The van der Waals surface area contributed by atoms with E-state index in [1.165, 1.54) is 0 Å². The Labute approximate surface area is 225 Å². The van der Waals surface area contributed by atoms with Gasteiger partial charge in [0, 0.05) is 0 Å². The largest absolute Gasteiger partial charge is 0.297 e. The SMILES string of the molecule is CC(C)C[C@@H](N[C@H](CC(C)C)c1nnnn1C(C)(C)CC(C)(C)C)c1nnnn1C(C)(C)CC(C)(C)C. The van der Waals surface area contributed by atoms with Gasteiger partial charge in [0.1, 0.15) is 0 Å². The van der Waals surface area contributed by atoms with Crippen LogP contribution in [0, 0.1) is 22.7 Å². The molecule has 2 aromatic rings. The summed E-state index contributed by atoms with van der Waals surface area (Å²) < 4.78 is 4.08. The lowest BCUT2D eigenvalue weighted by Crippen LogP contribution is -2.40. The zero-order valence-electron chi connectivity index (χ0n) is 26.2. The predicted molar refractivity (Wildman–Crippen MR) is 150 cm³/mol. The third kappa shape index (κ3) is 9.11. The number of nitrogens with one attached hydrogen (secondary N) is 1. The van der Waals surface area contributed by atoms with Crippen LogP contribution in [0.1, 0.15) is 146 Å². The highest BCUT2D eigenvalue weighted by Crippen LogP contribution is 2.37. The predicted octanol–water partition coefficient (Wildman–Crippen LogP) is 6.47. The summed E-state index contributed by atoms with van der Waals surface area (Å²) in [6.07, 6.45) is 3.74. The molecule has 37 heavy (non-hydrogen) atoms. The summed E-state index contributed by atoms with van der Waals surface area (Å²) in [5.74, 6) is 2.68. The van der Waals surface area contributed by atoms with Crippen molar-refractivity contribution in [2.24, 2.45) is 22.7 Å². The number of hydrogen-bond acceptors (Lipinski definition) is 7. The molecule has 2 heterocycles. The van der Waals surface area contributed by atoms with E-state index in [9.17, 15) is 0 Å². The van der Waals surface area contributed by atoms with Gasteiger partial charge in [0.05, 0.1) is 23.2 Å². The molecule has 1 N–H and O–H groups in total. The van der Waals surface area contributed by atoms with Crippen LogP contribution in [0.3, 0.4) is 0 Å². The van der Waals surface area contributed by atoms with E-state index in [0.29, 0.717) is 11.8 Å². The van der Waals surface area contributed by atoms with E-state index < -0.39 is 0 Å². The molecule has 0 spiro atoms. The zero-order valence-corrected chi connectivity index (χ0v) is 26.2. The molecule has 0 aliphatic carbocycles. The Bertz CT molecular complexity index is 892. The van der Waals surface area contributed by atoms with Crippen molar-refractivity contribution in [3.05, 3.63) is 11.6 Å². The molecule has 0 aliphatic rings. The van der Waals surface area contributed by atoms with Gasteiger partial charge in [0.15, 0.2) is 11.6 Å². The maximum Gasteiger partial charge on any atom is 0.168 e. The van der Waals surface area contributed by atoms with Crippen LogP contribution in [0.15, 0.2) is 0 Å². The first-order valence-electron chi connectivity index (χ1n) is 14.1. The molecule has 0 bridgehead atoms. The van der Waals surface area contributed by atoms with Crippen LogP contribution in [-0.2, 0) is 11.1 Å². The van der Waals surface area contributed by atoms with Gasteiger partial charge in [0.25, 0.3) is 0 Å². The Hall–Kier alpha value is -1.90. The topological polar surface area (TPSA) is 99.2 Å². The Morgan fingerprint density at radius 3 is 1.19 bits per heavy atom. The van der Waals surface area contributed by atoms with Gasteiger partial charge < -0.3 is 0 Å². The fraction of sp³-hybridized carbons (Fsp3) is 0.929. The van der Waals surface area contributed by atoms with Gasteiger partial charge in [-0.15, -0.1) is 10.2 Å². The Kier molecular flexibility index (Phi) is 9.70. The smallest absolute Gasteiger partial charge is 0.168 e. The van der Waals surface area contributed by atoms with Gasteiger partial charge >= 0.3 is 0 Å². The van der Waals surface area contributed by atoms with Gasteiger partial charge in [-0.05, 0) is 96.9 Å². The second-order valence-corrected chi connectivity index (χ2v) is 15.5. The fourth-order valence-corrected chi connectivity index (χ4v) is 6.11. The summed E-state index contributed by atoms with van der Waals surface area (Å²) in [5.41, 5.74) is -0.154. The maximum atomic E-state index is 4.58. The van der Waals surface area contributed by atoms with Crippen molar-refractivity contribution < 1.29 is 0 Å². The normalized spacial score (nSPS) is 15.6. The van der Waals surface area contributed by atoms with E-state index >= 15 is 0 Å². The molecule has 0 saturated carbocycles. The molecular formula is C28H55N9. The van der Waals surface area contributed by atoms with E-state index in [2.05, 4.69) is 133 Å². The number of hydrogen-bond donors (Lipinski definition) is 1. The first-order chi connectivity index (χ1) is 16.7. The van der Waals surface area contributed by atoms with Crippen molar-refractivity contribution in [3.63, 3.8) is 0 Å². The summed E-state index contributed by atoms with van der Waals surface area (Å²) in [6.45, 7) is 31.5. The molecule has 0 unspecified atom stereocenters. The summed E-state index contributed by atoms with van der Waals surface area (Å²) in [5, 5.41) is 30.4. The van der Waals surface area contributed by atoms with E-state index in [1.54, 1.807) is 0 Å². The molecule has 0 aliphatic heterocycles. The van der Waals surface area contributed by atoms with Gasteiger partial charge in [-0.3, -0.25) is 5.32 Å². The lowest BCUT2D eigenvalue weighted by Gasteiger charge is -2.36. The van der Waals surface area contributed by atoms with Gasteiger partial charge in [-0.2, -0.15) is 0 Å². The van der Waals surface area contributed by atoms with Gasteiger partial charge in [0.2, 0.25) is 0 Å². The van der Waals surface area contributed by atoms with E-state index in [4.69, 9.17) is 0 Å². The Morgan fingerprint density at radius 1 is 0.595 bits per heavy atom. The molecule has 2 aromatic heterocycles. The number of tetrazole rings is 2. The first kappa shape index (κ1) is 31.3. The third-order valence-corrected chi connectivity index (χ3v) is 6.50. The second-order valence-electron chi connectivity index (χ2n) is 15.5.